The fourth-order valence-corrected chi connectivity index (χ4v) is 2.99. The molecule has 0 unspecified atom stereocenters. The van der Waals surface area contributed by atoms with E-state index >= 15 is 0 Å². The highest BCUT2D eigenvalue weighted by molar-refractivity contribution is 5.92. The summed E-state index contributed by atoms with van der Waals surface area (Å²) < 4.78 is 6.35. The van der Waals surface area contributed by atoms with Crippen molar-refractivity contribution in [3.8, 4) is 0 Å². The predicted molar refractivity (Wildman–Crippen MR) is 96.2 cm³/mol. The molecule has 2 heterocycles. The summed E-state index contributed by atoms with van der Waals surface area (Å²) in [5.41, 5.74) is 1.47. The van der Waals surface area contributed by atoms with E-state index in [2.05, 4.69) is 30.7 Å². The van der Waals surface area contributed by atoms with E-state index in [1.807, 2.05) is 35.2 Å². The number of amides is 1. The molecule has 2 atom stereocenters. The molecular weight excluding hydrogens is 314 g/mol. The lowest BCUT2D eigenvalue weighted by Gasteiger charge is -2.43. The Morgan fingerprint density at radius 1 is 1.16 bits per heavy atom. The standard InChI is InChI=1S/C20H25N3O2/c1-14-21-11-10-16(22-14)19(24)23-12-17(15-8-6-5-7-9-15)25-18(13-23)20(2,3)4/h5-11,17-18H,12-13H2,1-4H3/t17-,18+/m0/s1. The second-order valence-corrected chi connectivity index (χ2v) is 7.59. The van der Waals surface area contributed by atoms with Gasteiger partial charge >= 0.3 is 0 Å². The first-order chi connectivity index (χ1) is 11.8. The molecule has 132 valence electrons. The lowest BCUT2D eigenvalue weighted by Crippen LogP contribution is -2.51. The molecule has 1 aliphatic rings. The molecule has 0 N–H and O–H groups in total. The molecule has 5 heteroatoms. The van der Waals surface area contributed by atoms with Crippen molar-refractivity contribution < 1.29 is 9.53 Å². The van der Waals surface area contributed by atoms with Crippen LogP contribution in [0, 0.1) is 12.3 Å². The summed E-state index contributed by atoms with van der Waals surface area (Å²) in [6.45, 7) is 9.31. The molecule has 3 rings (SSSR count). The predicted octanol–water partition coefficient (Wildman–Crippen LogP) is 3.41. The summed E-state index contributed by atoms with van der Waals surface area (Å²) >= 11 is 0. The van der Waals surface area contributed by atoms with Gasteiger partial charge in [-0.15, -0.1) is 0 Å². The largest absolute Gasteiger partial charge is 0.366 e. The number of aryl methyl sites for hydroxylation is 1. The van der Waals surface area contributed by atoms with Crippen molar-refractivity contribution in [3.63, 3.8) is 0 Å². The third-order valence-electron chi connectivity index (χ3n) is 4.52. The van der Waals surface area contributed by atoms with Gasteiger partial charge in [0.2, 0.25) is 0 Å². The molecule has 1 aliphatic heterocycles. The molecule has 0 bridgehead atoms. The number of hydrogen-bond donors (Lipinski definition) is 0. The Morgan fingerprint density at radius 2 is 1.88 bits per heavy atom. The van der Waals surface area contributed by atoms with E-state index in [0.717, 1.165) is 5.56 Å². The van der Waals surface area contributed by atoms with Crippen LogP contribution >= 0.6 is 0 Å². The number of nitrogens with zero attached hydrogens (tertiary/aromatic N) is 3. The van der Waals surface area contributed by atoms with E-state index < -0.39 is 0 Å². The molecule has 1 aromatic carbocycles. The van der Waals surface area contributed by atoms with Crippen molar-refractivity contribution in [3.05, 3.63) is 59.7 Å². The van der Waals surface area contributed by atoms with Crippen LogP contribution in [0.3, 0.4) is 0 Å². The fourth-order valence-electron chi connectivity index (χ4n) is 2.99. The van der Waals surface area contributed by atoms with Crippen LogP contribution in [0.15, 0.2) is 42.6 Å². The van der Waals surface area contributed by atoms with E-state index in [-0.39, 0.29) is 23.5 Å². The van der Waals surface area contributed by atoms with Crippen molar-refractivity contribution in [1.29, 1.82) is 0 Å². The highest BCUT2D eigenvalue weighted by atomic mass is 16.5. The molecule has 1 amide bonds. The molecule has 1 fully saturated rings. The number of aromatic nitrogens is 2. The fraction of sp³-hybridized carbons (Fsp3) is 0.450. The smallest absolute Gasteiger partial charge is 0.272 e. The molecule has 0 saturated carbocycles. The molecule has 1 aromatic heterocycles. The summed E-state index contributed by atoms with van der Waals surface area (Å²) in [7, 11) is 0. The molecule has 0 spiro atoms. The van der Waals surface area contributed by atoms with Crippen LogP contribution in [0.2, 0.25) is 0 Å². The van der Waals surface area contributed by atoms with E-state index in [9.17, 15) is 4.79 Å². The van der Waals surface area contributed by atoms with Crippen LogP contribution in [0.5, 0.6) is 0 Å². The number of rotatable bonds is 2. The zero-order chi connectivity index (χ0) is 18.0. The van der Waals surface area contributed by atoms with Gasteiger partial charge in [-0.1, -0.05) is 51.1 Å². The maximum atomic E-state index is 13.0. The Labute approximate surface area is 149 Å². The summed E-state index contributed by atoms with van der Waals surface area (Å²) in [6, 6.07) is 11.8. The molecule has 0 aliphatic carbocycles. The Hall–Kier alpha value is -2.27. The Kier molecular flexibility index (Phi) is 4.86. The number of carbonyl (C=O) groups excluding carboxylic acids is 1. The highest BCUT2D eigenvalue weighted by Gasteiger charge is 2.37. The monoisotopic (exact) mass is 339 g/mol. The van der Waals surface area contributed by atoms with Gasteiger partial charge in [-0.2, -0.15) is 0 Å². The van der Waals surface area contributed by atoms with Crippen molar-refractivity contribution in [2.45, 2.75) is 39.9 Å². The van der Waals surface area contributed by atoms with Gasteiger partial charge in [-0.05, 0) is 24.0 Å². The summed E-state index contributed by atoms with van der Waals surface area (Å²) in [6.07, 6.45) is 1.45. The Morgan fingerprint density at radius 3 is 2.52 bits per heavy atom. The van der Waals surface area contributed by atoms with Gasteiger partial charge in [0.25, 0.3) is 5.91 Å². The van der Waals surface area contributed by atoms with Crippen LogP contribution in [0.4, 0.5) is 0 Å². The van der Waals surface area contributed by atoms with Crippen LogP contribution < -0.4 is 0 Å². The van der Waals surface area contributed by atoms with Crippen molar-refractivity contribution >= 4 is 5.91 Å². The number of benzene rings is 1. The van der Waals surface area contributed by atoms with E-state index in [4.69, 9.17) is 4.74 Å². The normalized spacial score (nSPS) is 21.2. The van der Waals surface area contributed by atoms with Gasteiger partial charge in [0, 0.05) is 12.7 Å². The van der Waals surface area contributed by atoms with Crippen molar-refractivity contribution in [2.24, 2.45) is 5.41 Å². The average molecular weight is 339 g/mol. The second kappa shape index (κ2) is 6.92. The first-order valence-corrected chi connectivity index (χ1v) is 8.64. The summed E-state index contributed by atoms with van der Waals surface area (Å²) in [5, 5.41) is 0. The first kappa shape index (κ1) is 17.5. The third-order valence-corrected chi connectivity index (χ3v) is 4.52. The van der Waals surface area contributed by atoms with Gasteiger partial charge < -0.3 is 9.64 Å². The maximum absolute atomic E-state index is 13.0. The van der Waals surface area contributed by atoms with E-state index in [0.29, 0.717) is 24.6 Å². The lowest BCUT2D eigenvalue weighted by atomic mass is 9.87. The minimum absolute atomic E-state index is 0.0432. The zero-order valence-electron chi connectivity index (χ0n) is 15.3. The van der Waals surface area contributed by atoms with Crippen LogP contribution in [-0.2, 0) is 4.74 Å². The molecule has 2 aromatic rings. The van der Waals surface area contributed by atoms with Gasteiger partial charge in [0.05, 0.1) is 12.6 Å². The summed E-state index contributed by atoms with van der Waals surface area (Å²) in [4.78, 5) is 23.2. The molecule has 0 radical (unpaired) electrons. The third kappa shape index (κ3) is 4.04. The highest BCUT2D eigenvalue weighted by Crippen LogP contribution is 2.33. The minimum atomic E-state index is -0.133. The van der Waals surface area contributed by atoms with Crippen molar-refractivity contribution in [1.82, 2.24) is 14.9 Å². The molecule has 25 heavy (non-hydrogen) atoms. The SMILES string of the molecule is Cc1nccc(C(=O)N2C[C@@H](c3ccccc3)O[C@@H](C(C)(C)C)C2)n1. The van der Waals surface area contributed by atoms with E-state index in [1.165, 1.54) is 0 Å². The zero-order valence-corrected chi connectivity index (χ0v) is 15.3. The molecule has 1 saturated heterocycles. The van der Waals surface area contributed by atoms with Crippen LogP contribution in [0.25, 0.3) is 0 Å². The van der Waals surface area contributed by atoms with Gasteiger partial charge in [0.1, 0.15) is 17.6 Å². The Bertz CT molecular complexity index is 740. The molecule has 5 nitrogen and oxygen atoms in total. The quantitative estimate of drug-likeness (QED) is 0.841. The number of ether oxygens (including phenoxy) is 1. The minimum Gasteiger partial charge on any atom is -0.366 e. The first-order valence-electron chi connectivity index (χ1n) is 8.64. The van der Waals surface area contributed by atoms with Crippen LogP contribution in [0.1, 0.15) is 48.8 Å². The summed E-state index contributed by atoms with van der Waals surface area (Å²) in [5.74, 6) is 0.537. The number of hydrogen-bond acceptors (Lipinski definition) is 4. The van der Waals surface area contributed by atoms with Gasteiger partial charge in [-0.25, -0.2) is 9.97 Å². The number of carbonyl (C=O) groups is 1. The van der Waals surface area contributed by atoms with Crippen LogP contribution in [-0.4, -0.2) is 40.0 Å². The topological polar surface area (TPSA) is 55.3 Å². The Balaban J connectivity index is 1.88. The lowest BCUT2D eigenvalue weighted by molar-refractivity contribution is -0.119. The number of morpholine rings is 1. The van der Waals surface area contributed by atoms with Crippen molar-refractivity contribution in [2.75, 3.05) is 13.1 Å². The van der Waals surface area contributed by atoms with Gasteiger partial charge in [-0.3, -0.25) is 4.79 Å². The van der Waals surface area contributed by atoms with Gasteiger partial charge in [0.15, 0.2) is 0 Å². The average Bonchev–Trinajstić information content (AvgIpc) is 2.60. The second-order valence-electron chi connectivity index (χ2n) is 7.59. The molecular formula is C20H25N3O2. The van der Waals surface area contributed by atoms with E-state index in [1.54, 1.807) is 19.2 Å². The maximum Gasteiger partial charge on any atom is 0.272 e.